The molecule has 0 aromatic heterocycles. The van der Waals surface area contributed by atoms with Gasteiger partial charge in [0.2, 0.25) is 0 Å². The second kappa shape index (κ2) is 7.71. The van der Waals surface area contributed by atoms with Crippen LogP contribution in [-0.4, -0.2) is 25.2 Å². The number of fused-ring (bicyclic) bond motifs is 1. The van der Waals surface area contributed by atoms with E-state index in [2.05, 4.69) is 27.3 Å². The van der Waals surface area contributed by atoms with Gasteiger partial charge >= 0.3 is 0 Å². The molecule has 2 unspecified atom stereocenters. The van der Waals surface area contributed by atoms with E-state index in [1.54, 1.807) is 6.92 Å². The van der Waals surface area contributed by atoms with Gasteiger partial charge in [-0.1, -0.05) is 34.1 Å². The van der Waals surface area contributed by atoms with Crippen molar-refractivity contribution in [2.24, 2.45) is 5.92 Å². The number of hydrogen-bond donors (Lipinski definition) is 1. The number of carbonyl (C=O) groups excluding carboxylic acids is 1. The van der Waals surface area contributed by atoms with Crippen LogP contribution in [-0.2, 0) is 11.2 Å². The van der Waals surface area contributed by atoms with Crippen molar-refractivity contribution in [3.8, 4) is 11.5 Å². The smallest absolute Gasteiger partial charge is 0.260 e. The first kappa shape index (κ1) is 16.8. The third-order valence-corrected chi connectivity index (χ3v) is 4.55. The van der Waals surface area contributed by atoms with Crippen LogP contribution < -0.4 is 14.8 Å². The molecule has 3 rings (SSSR count). The van der Waals surface area contributed by atoms with Crippen molar-refractivity contribution in [2.45, 2.75) is 19.4 Å². The summed E-state index contributed by atoms with van der Waals surface area (Å²) in [5.41, 5.74) is 1.20. The van der Waals surface area contributed by atoms with Crippen molar-refractivity contribution in [2.75, 3.05) is 13.2 Å². The lowest BCUT2D eigenvalue weighted by Gasteiger charge is -2.26. The summed E-state index contributed by atoms with van der Waals surface area (Å²) in [5, 5.41) is 2.96. The van der Waals surface area contributed by atoms with E-state index in [4.69, 9.17) is 9.47 Å². The zero-order chi connectivity index (χ0) is 16.9. The summed E-state index contributed by atoms with van der Waals surface area (Å²) in [6, 6.07) is 15.5. The Morgan fingerprint density at radius 1 is 1.29 bits per heavy atom. The highest BCUT2D eigenvalue weighted by molar-refractivity contribution is 9.10. The standard InChI is InChI=1S/C19H20BrNO3/c1-13(24-17-8-6-16(20)7-9-17)19(22)21-11-14-10-15-4-2-3-5-18(15)23-12-14/h2-9,13-14H,10-12H2,1H3,(H,21,22). The average Bonchev–Trinajstić information content (AvgIpc) is 2.61. The number of halogens is 1. The SMILES string of the molecule is CC(Oc1ccc(Br)cc1)C(=O)NCC1COc2ccccc2C1. The molecule has 0 bridgehead atoms. The topological polar surface area (TPSA) is 47.6 Å². The van der Waals surface area contributed by atoms with Gasteiger partial charge in [-0.15, -0.1) is 0 Å². The third-order valence-electron chi connectivity index (χ3n) is 4.02. The normalized spacial score (nSPS) is 17.3. The highest BCUT2D eigenvalue weighted by atomic mass is 79.9. The lowest BCUT2D eigenvalue weighted by Crippen LogP contribution is -2.41. The van der Waals surface area contributed by atoms with Crippen LogP contribution in [0, 0.1) is 5.92 Å². The van der Waals surface area contributed by atoms with E-state index in [9.17, 15) is 4.79 Å². The van der Waals surface area contributed by atoms with Crippen molar-refractivity contribution in [3.05, 3.63) is 58.6 Å². The number of para-hydroxylation sites is 1. The number of hydrogen-bond acceptors (Lipinski definition) is 3. The number of benzene rings is 2. The maximum atomic E-state index is 12.2. The Morgan fingerprint density at radius 3 is 2.83 bits per heavy atom. The van der Waals surface area contributed by atoms with Crippen LogP contribution >= 0.6 is 15.9 Å². The molecular weight excluding hydrogens is 370 g/mol. The first-order valence-electron chi connectivity index (χ1n) is 8.02. The number of amides is 1. The van der Waals surface area contributed by atoms with Gasteiger partial charge in [0, 0.05) is 16.9 Å². The molecule has 0 saturated heterocycles. The van der Waals surface area contributed by atoms with Crippen LogP contribution in [0.3, 0.4) is 0 Å². The summed E-state index contributed by atoms with van der Waals surface area (Å²) in [6.07, 6.45) is 0.376. The molecule has 1 N–H and O–H groups in total. The molecule has 2 atom stereocenters. The maximum Gasteiger partial charge on any atom is 0.260 e. The predicted octanol–water partition coefficient (Wildman–Crippen LogP) is 3.58. The molecule has 1 aliphatic rings. The molecule has 0 radical (unpaired) electrons. The van der Waals surface area contributed by atoms with Gasteiger partial charge in [-0.25, -0.2) is 0 Å². The van der Waals surface area contributed by atoms with Crippen LogP contribution in [0.15, 0.2) is 53.0 Å². The fourth-order valence-corrected chi connectivity index (χ4v) is 2.95. The number of nitrogens with one attached hydrogen (secondary N) is 1. The second-order valence-corrected chi connectivity index (χ2v) is 6.86. The molecule has 0 fully saturated rings. The van der Waals surface area contributed by atoms with E-state index in [1.807, 2.05) is 42.5 Å². The molecule has 2 aromatic rings. The molecule has 0 saturated carbocycles. The third kappa shape index (κ3) is 4.29. The minimum Gasteiger partial charge on any atom is -0.493 e. The monoisotopic (exact) mass is 389 g/mol. The van der Waals surface area contributed by atoms with Gasteiger partial charge in [0.15, 0.2) is 6.10 Å². The highest BCUT2D eigenvalue weighted by Gasteiger charge is 2.21. The molecule has 2 aromatic carbocycles. The first-order valence-corrected chi connectivity index (χ1v) is 8.82. The van der Waals surface area contributed by atoms with Crippen LogP contribution in [0.4, 0.5) is 0 Å². The molecule has 0 spiro atoms. The van der Waals surface area contributed by atoms with E-state index >= 15 is 0 Å². The fourth-order valence-electron chi connectivity index (χ4n) is 2.68. The first-order chi connectivity index (χ1) is 11.6. The Kier molecular flexibility index (Phi) is 5.41. The van der Waals surface area contributed by atoms with Crippen molar-refractivity contribution in [1.29, 1.82) is 0 Å². The Bertz CT molecular complexity index is 702. The zero-order valence-electron chi connectivity index (χ0n) is 13.5. The van der Waals surface area contributed by atoms with Crippen molar-refractivity contribution >= 4 is 21.8 Å². The molecular formula is C19H20BrNO3. The quantitative estimate of drug-likeness (QED) is 0.849. The number of ether oxygens (including phenoxy) is 2. The van der Waals surface area contributed by atoms with Gasteiger partial charge in [0.25, 0.3) is 5.91 Å². The molecule has 126 valence electrons. The summed E-state index contributed by atoms with van der Waals surface area (Å²) < 4.78 is 12.4. The summed E-state index contributed by atoms with van der Waals surface area (Å²) in [6.45, 7) is 2.96. The largest absolute Gasteiger partial charge is 0.493 e. The number of rotatable bonds is 5. The van der Waals surface area contributed by atoms with Crippen LogP contribution in [0.2, 0.25) is 0 Å². The maximum absolute atomic E-state index is 12.2. The van der Waals surface area contributed by atoms with E-state index in [0.717, 1.165) is 16.6 Å². The molecule has 1 aliphatic heterocycles. The lowest BCUT2D eigenvalue weighted by atomic mass is 9.97. The molecule has 4 nitrogen and oxygen atoms in total. The number of carbonyl (C=O) groups is 1. The van der Waals surface area contributed by atoms with Crippen LogP contribution in [0.5, 0.6) is 11.5 Å². The van der Waals surface area contributed by atoms with Gasteiger partial charge in [-0.3, -0.25) is 4.79 Å². The molecule has 1 amide bonds. The molecule has 0 aliphatic carbocycles. The molecule has 24 heavy (non-hydrogen) atoms. The summed E-state index contributed by atoms with van der Waals surface area (Å²) in [5.74, 6) is 1.79. The molecule has 1 heterocycles. The van der Waals surface area contributed by atoms with Crippen LogP contribution in [0.1, 0.15) is 12.5 Å². The van der Waals surface area contributed by atoms with E-state index in [-0.39, 0.29) is 11.8 Å². The van der Waals surface area contributed by atoms with Gasteiger partial charge < -0.3 is 14.8 Å². The van der Waals surface area contributed by atoms with Gasteiger partial charge in [-0.05, 0) is 49.2 Å². The summed E-state index contributed by atoms with van der Waals surface area (Å²) >= 11 is 3.37. The van der Waals surface area contributed by atoms with E-state index < -0.39 is 6.10 Å². The van der Waals surface area contributed by atoms with E-state index in [0.29, 0.717) is 18.9 Å². The predicted molar refractivity (Wildman–Crippen MR) is 96.4 cm³/mol. The molecule has 5 heteroatoms. The zero-order valence-corrected chi connectivity index (χ0v) is 15.1. The lowest BCUT2D eigenvalue weighted by molar-refractivity contribution is -0.127. The highest BCUT2D eigenvalue weighted by Crippen LogP contribution is 2.26. The van der Waals surface area contributed by atoms with E-state index in [1.165, 1.54) is 5.56 Å². The van der Waals surface area contributed by atoms with Crippen LogP contribution in [0.25, 0.3) is 0 Å². The van der Waals surface area contributed by atoms with Crippen molar-refractivity contribution < 1.29 is 14.3 Å². The Morgan fingerprint density at radius 2 is 2.04 bits per heavy atom. The fraction of sp³-hybridized carbons (Fsp3) is 0.316. The van der Waals surface area contributed by atoms with Gasteiger partial charge in [-0.2, -0.15) is 0 Å². The van der Waals surface area contributed by atoms with Gasteiger partial charge in [0.1, 0.15) is 11.5 Å². The summed E-state index contributed by atoms with van der Waals surface area (Å²) in [7, 11) is 0. The average molecular weight is 390 g/mol. The second-order valence-electron chi connectivity index (χ2n) is 5.95. The summed E-state index contributed by atoms with van der Waals surface area (Å²) in [4.78, 5) is 12.2. The van der Waals surface area contributed by atoms with Gasteiger partial charge in [0.05, 0.1) is 6.61 Å². The Balaban J connectivity index is 1.48. The van der Waals surface area contributed by atoms with Crippen molar-refractivity contribution in [3.63, 3.8) is 0 Å². The van der Waals surface area contributed by atoms with Crippen molar-refractivity contribution in [1.82, 2.24) is 5.32 Å². The minimum absolute atomic E-state index is 0.114. The Labute approximate surface area is 150 Å². The minimum atomic E-state index is -0.539. The Hall–Kier alpha value is -2.01.